The molecule has 0 aromatic heterocycles. The number of nitrogens with one attached hydrogen (secondary N) is 1. The van der Waals surface area contributed by atoms with Crippen LogP contribution in [0.1, 0.15) is 25.8 Å². The van der Waals surface area contributed by atoms with Crippen LogP contribution in [0.4, 0.5) is 0 Å². The van der Waals surface area contributed by atoms with Crippen molar-refractivity contribution in [3.8, 4) is 0 Å². The van der Waals surface area contributed by atoms with Gasteiger partial charge < -0.3 is 5.32 Å². The maximum atomic E-state index is 11.4. The molecule has 0 saturated heterocycles. The monoisotopic (exact) mass is 217 g/mol. The normalized spacial score (nSPS) is 11.2. The summed E-state index contributed by atoms with van der Waals surface area (Å²) in [6.07, 6.45) is 3.81. The summed E-state index contributed by atoms with van der Waals surface area (Å²) in [5.41, 5.74) is 2.10. The maximum absolute atomic E-state index is 11.4. The van der Waals surface area contributed by atoms with Crippen molar-refractivity contribution >= 4 is 5.91 Å². The van der Waals surface area contributed by atoms with Crippen molar-refractivity contribution in [2.75, 3.05) is 6.54 Å². The third kappa shape index (κ3) is 4.30. The van der Waals surface area contributed by atoms with E-state index in [1.807, 2.05) is 38.1 Å². The summed E-state index contributed by atoms with van der Waals surface area (Å²) in [5.74, 6) is 0.0376. The van der Waals surface area contributed by atoms with Gasteiger partial charge in [0.15, 0.2) is 0 Å². The van der Waals surface area contributed by atoms with Gasteiger partial charge in [0.1, 0.15) is 0 Å². The molecular formula is C14H19NO. The molecule has 0 atom stereocenters. The van der Waals surface area contributed by atoms with Crippen LogP contribution in [0.2, 0.25) is 0 Å². The van der Waals surface area contributed by atoms with E-state index in [1.54, 1.807) is 0 Å². The van der Waals surface area contributed by atoms with E-state index in [4.69, 9.17) is 0 Å². The highest BCUT2D eigenvalue weighted by atomic mass is 16.1. The lowest BCUT2D eigenvalue weighted by atomic mass is 10.1. The molecule has 1 aromatic carbocycles. The zero-order valence-corrected chi connectivity index (χ0v) is 9.99. The first-order chi connectivity index (χ1) is 7.74. The van der Waals surface area contributed by atoms with Crippen molar-refractivity contribution < 1.29 is 4.79 Å². The van der Waals surface area contributed by atoms with Crippen molar-refractivity contribution in [1.82, 2.24) is 5.32 Å². The van der Waals surface area contributed by atoms with Crippen LogP contribution in [0.25, 0.3) is 0 Å². The number of benzene rings is 1. The second kappa shape index (κ2) is 6.83. The van der Waals surface area contributed by atoms with Crippen LogP contribution < -0.4 is 5.32 Å². The van der Waals surface area contributed by atoms with Crippen LogP contribution in [0.3, 0.4) is 0 Å². The number of amides is 1. The van der Waals surface area contributed by atoms with Gasteiger partial charge in [0.2, 0.25) is 5.91 Å². The average molecular weight is 217 g/mol. The Kier molecular flexibility index (Phi) is 5.34. The Hall–Kier alpha value is -1.57. The van der Waals surface area contributed by atoms with E-state index in [9.17, 15) is 4.79 Å². The van der Waals surface area contributed by atoms with Gasteiger partial charge in [0.25, 0.3) is 0 Å². The van der Waals surface area contributed by atoms with Crippen LogP contribution in [-0.4, -0.2) is 12.5 Å². The SMILES string of the molecule is C/C=C(/C)C(=O)NCCCc1ccccc1. The molecule has 0 unspecified atom stereocenters. The number of carbonyl (C=O) groups excluding carboxylic acids is 1. The molecule has 1 aromatic rings. The predicted molar refractivity (Wildman–Crippen MR) is 67.2 cm³/mol. The molecule has 0 bridgehead atoms. The Balaban J connectivity index is 2.20. The van der Waals surface area contributed by atoms with Gasteiger partial charge in [-0.1, -0.05) is 36.4 Å². The van der Waals surface area contributed by atoms with Gasteiger partial charge in [-0.05, 0) is 32.3 Å². The van der Waals surface area contributed by atoms with Gasteiger partial charge >= 0.3 is 0 Å². The molecule has 0 radical (unpaired) electrons. The summed E-state index contributed by atoms with van der Waals surface area (Å²) >= 11 is 0. The van der Waals surface area contributed by atoms with E-state index in [0.29, 0.717) is 0 Å². The van der Waals surface area contributed by atoms with E-state index in [0.717, 1.165) is 25.0 Å². The quantitative estimate of drug-likeness (QED) is 0.596. The van der Waals surface area contributed by atoms with Crippen molar-refractivity contribution in [3.05, 3.63) is 47.5 Å². The second-order valence-electron chi connectivity index (χ2n) is 3.82. The Morgan fingerprint density at radius 3 is 2.62 bits per heavy atom. The molecule has 1 amide bonds. The lowest BCUT2D eigenvalue weighted by Gasteiger charge is -2.05. The largest absolute Gasteiger partial charge is 0.352 e. The smallest absolute Gasteiger partial charge is 0.246 e. The van der Waals surface area contributed by atoms with Crippen molar-refractivity contribution in [2.45, 2.75) is 26.7 Å². The lowest BCUT2D eigenvalue weighted by molar-refractivity contribution is -0.117. The summed E-state index contributed by atoms with van der Waals surface area (Å²) in [5, 5.41) is 2.90. The first-order valence-electron chi connectivity index (χ1n) is 5.69. The molecule has 0 aliphatic heterocycles. The van der Waals surface area contributed by atoms with Gasteiger partial charge in [-0.3, -0.25) is 4.79 Å². The van der Waals surface area contributed by atoms with Crippen LogP contribution in [-0.2, 0) is 11.2 Å². The average Bonchev–Trinajstić information content (AvgIpc) is 2.34. The molecule has 0 fully saturated rings. The van der Waals surface area contributed by atoms with Gasteiger partial charge in [-0.15, -0.1) is 0 Å². The van der Waals surface area contributed by atoms with Gasteiger partial charge in [-0.2, -0.15) is 0 Å². The third-order valence-corrected chi connectivity index (χ3v) is 2.56. The predicted octanol–water partition coefficient (Wildman–Crippen LogP) is 2.70. The Morgan fingerprint density at radius 2 is 2.00 bits per heavy atom. The van der Waals surface area contributed by atoms with E-state index in [2.05, 4.69) is 17.4 Å². The first-order valence-corrected chi connectivity index (χ1v) is 5.69. The van der Waals surface area contributed by atoms with Gasteiger partial charge in [0, 0.05) is 12.1 Å². The topological polar surface area (TPSA) is 29.1 Å². The molecule has 0 aliphatic rings. The van der Waals surface area contributed by atoms with E-state index < -0.39 is 0 Å². The fourth-order valence-corrected chi connectivity index (χ4v) is 1.41. The highest BCUT2D eigenvalue weighted by Crippen LogP contribution is 2.01. The number of hydrogen-bond acceptors (Lipinski definition) is 1. The van der Waals surface area contributed by atoms with E-state index in [-0.39, 0.29) is 5.91 Å². The summed E-state index contributed by atoms with van der Waals surface area (Å²) in [6.45, 7) is 4.43. The number of carbonyl (C=O) groups is 1. The molecule has 2 nitrogen and oxygen atoms in total. The molecule has 0 aliphatic carbocycles. The van der Waals surface area contributed by atoms with E-state index in [1.165, 1.54) is 5.56 Å². The van der Waals surface area contributed by atoms with Crippen molar-refractivity contribution in [1.29, 1.82) is 0 Å². The first kappa shape index (κ1) is 12.5. The van der Waals surface area contributed by atoms with Crippen LogP contribution in [0.5, 0.6) is 0 Å². The lowest BCUT2D eigenvalue weighted by Crippen LogP contribution is -2.25. The molecule has 1 N–H and O–H groups in total. The van der Waals surface area contributed by atoms with Crippen LogP contribution >= 0.6 is 0 Å². The molecule has 0 heterocycles. The highest BCUT2D eigenvalue weighted by Gasteiger charge is 2.00. The molecule has 1 rings (SSSR count). The molecule has 16 heavy (non-hydrogen) atoms. The Labute approximate surface area is 97.4 Å². The van der Waals surface area contributed by atoms with Gasteiger partial charge in [-0.25, -0.2) is 0 Å². The Morgan fingerprint density at radius 1 is 1.31 bits per heavy atom. The summed E-state index contributed by atoms with van der Waals surface area (Å²) < 4.78 is 0. The third-order valence-electron chi connectivity index (χ3n) is 2.56. The molecule has 0 saturated carbocycles. The van der Waals surface area contributed by atoms with Crippen LogP contribution in [0.15, 0.2) is 42.0 Å². The van der Waals surface area contributed by atoms with Crippen molar-refractivity contribution in [2.24, 2.45) is 0 Å². The summed E-state index contributed by atoms with van der Waals surface area (Å²) in [6, 6.07) is 10.3. The minimum atomic E-state index is 0.0376. The maximum Gasteiger partial charge on any atom is 0.246 e. The summed E-state index contributed by atoms with van der Waals surface area (Å²) in [7, 11) is 0. The molecule has 0 spiro atoms. The van der Waals surface area contributed by atoms with Crippen LogP contribution in [0, 0.1) is 0 Å². The number of allylic oxidation sites excluding steroid dienone is 1. The minimum absolute atomic E-state index is 0.0376. The number of aryl methyl sites for hydroxylation is 1. The second-order valence-corrected chi connectivity index (χ2v) is 3.82. The number of rotatable bonds is 5. The standard InChI is InChI=1S/C14H19NO/c1-3-12(2)14(16)15-11-7-10-13-8-5-4-6-9-13/h3-6,8-9H,7,10-11H2,1-2H3,(H,15,16)/b12-3-. The minimum Gasteiger partial charge on any atom is -0.352 e. The Bertz CT molecular complexity index is 354. The zero-order valence-electron chi connectivity index (χ0n) is 9.99. The molecule has 86 valence electrons. The van der Waals surface area contributed by atoms with E-state index >= 15 is 0 Å². The number of hydrogen-bond donors (Lipinski definition) is 1. The molecular weight excluding hydrogens is 198 g/mol. The fraction of sp³-hybridized carbons (Fsp3) is 0.357. The highest BCUT2D eigenvalue weighted by molar-refractivity contribution is 5.92. The zero-order chi connectivity index (χ0) is 11.8. The fourth-order valence-electron chi connectivity index (χ4n) is 1.41. The van der Waals surface area contributed by atoms with Crippen molar-refractivity contribution in [3.63, 3.8) is 0 Å². The van der Waals surface area contributed by atoms with Gasteiger partial charge in [0.05, 0.1) is 0 Å². The molecule has 2 heteroatoms. The summed E-state index contributed by atoms with van der Waals surface area (Å²) in [4.78, 5) is 11.4.